The Morgan fingerprint density at radius 1 is 1.15 bits per heavy atom. The molecule has 1 saturated carbocycles. The van der Waals surface area contributed by atoms with Gasteiger partial charge in [0.2, 0.25) is 5.91 Å². The van der Waals surface area contributed by atoms with Crippen LogP contribution in [0.15, 0.2) is 46.9 Å². The Hall–Kier alpha value is -2.45. The van der Waals surface area contributed by atoms with E-state index in [4.69, 9.17) is 0 Å². The van der Waals surface area contributed by atoms with E-state index in [1.54, 1.807) is 11.3 Å². The summed E-state index contributed by atoms with van der Waals surface area (Å²) in [5.74, 6) is 1.32. The highest BCUT2D eigenvalue weighted by Crippen LogP contribution is 2.33. The number of thiophene rings is 1. The van der Waals surface area contributed by atoms with E-state index in [-0.39, 0.29) is 17.7 Å². The lowest BCUT2D eigenvalue weighted by atomic mass is 9.95. The van der Waals surface area contributed by atoms with E-state index in [1.165, 1.54) is 42.8 Å². The zero-order chi connectivity index (χ0) is 23.2. The normalized spacial score (nSPS) is 15.3. The van der Waals surface area contributed by atoms with E-state index in [9.17, 15) is 9.59 Å². The van der Waals surface area contributed by atoms with Crippen LogP contribution in [0, 0.1) is 0 Å². The third-order valence-corrected chi connectivity index (χ3v) is 7.89. The highest BCUT2D eigenvalue weighted by Gasteiger charge is 2.24. The molecule has 0 aliphatic heterocycles. The number of Topliss-reactive ketones (excluding diaryl/α,β-unsaturated/α-hetero) is 1. The van der Waals surface area contributed by atoms with Crippen LogP contribution in [-0.4, -0.2) is 32.2 Å². The van der Waals surface area contributed by atoms with Crippen molar-refractivity contribution in [3.05, 3.63) is 63.6 Å². The third-order valence-electron chi connectivity index (χ3n) is 6.07. The monoisotopic (exact) mass is 482 g/mol. The molecule has 2 aromatic heterocycles. The van der Waals surface area contributed by atoms with Gasteiger partial charge in [0, 0.05) is 29.8 Å². The standard InChI is InChI=1S/C25H30N4O2S2/c1-17(26-18(2)30)19-10-12-20(13-11-19)23(31)16-33-25-28-27-24(15-22-9-6-14-32-22)29(25)21-7-4-3-5-8-21/h6,9-14,17,21H,3-5,7-8,15-16H2,1-2H3,(H,26,30). The molecule has 0 radical (unpaired) electrons. The summed E-state index contributed by atoms with van der Waals surface area (Å²) in [6.07, 6.45) is 6.82. The fraction of sp³-hybridized carbons (Fsp3) is 0.440. The van der Waals surface area contributed by atoms with Crippen LogP contribution >= 0.6 is 23.1 Å². The Balaban J connectivity index is 1.45. The summed E-state index contributed by atoms with van der Waals surface area (Å²) in [5.41, 5.74) is 1.65. The molecule has 2 heterocycles. The number of aromatic nitrogens is 3. The molecule has 0 saturated heterocycles. The Morgan fingerprint density at radius 2 is 1.91 bits per heavy atom. The lowest BCUT2D eigenvalue weighted by molar-refractivity contribution is -0.119. The van der Waals surface area contributed by atoms with Gasteiger partial charge < -0.3 is 9.88 Å². The molecule has 6 nitrogen and oxygen atoms in total. The van der Waals surface area contributed by atoms with Gasteiger partial charge in [-0.05, 0) is 36.8 Å². The molecule has 8 heteroatoms. The van der Waals surface area contributed by atoms with Crippen LogP contribution in [-0.2, 0) is 11.2 Å². The fourth-order valence-electron chi connectivity index (χ4n) is 4.36. The number of benzene rings is 1. The molecular formula is C25H30N4O2S2. The Kier molecular flexibility index (Phi) is 7.98. The van der Waals surface area contributed by atoms with Crippen molar-refractivity contribution in [2.75, 3.05) is 5.75 Å². The highest BCUT2D eigenvalue weighted by atomic mass is 32.2. The summed E-state index contributed by atoms with van der Waals surface area (Å²) >= 11 is 3.22. The largest absolute Gasteiger partial charge is 0.350 e. The first-order chi connectivity index (χ1) is 16.0. The summed E-state index contributed by atoms with van der Waals surface area (Å²) in [5, 5.41) is 14.8. The molecule has 1 unspecified atom stereocenters. The summed E-state index contributed by atoms with van der Waals surface area (Å²) < 4.78 is 2.30. The summed E-state index contributed by atoms with van der Waals surface area (Å²) in [6.45, 7) is 3.43. The van der Waals surface area contributed by atoms with Crippen LogP contribution < -0.4 is 5.32 Å². The molecule has 1 aromatic carbocycles. The van der Waals surface area contributed by atoms with Crippen molar-refractivity contribution in [3.8, 4) is 0 Å². The number of amides is 1. The topological polar surface area (TPSA) is 76.9 Å². The van der Waals surface area contributed by atoms with Gasteiger partial charge in [0.15, 0.2) is 10.9 Å². The quantitative estimate of drug-likeness (QED) is 0.317. The molecule has 0 spiro atoms. The van der Waals surface area contributed by atoms with E-state index in [1.807, 2.05) is 31.2 Å². The predicted octanol–water partition coefficient (Wildman–Crippen LogP) is 5.61. The van der Waals surface area contributed by atoms with Gasteiger partial charge in [0.25, 0.3) is 0 Å². The lowest BCUT2D eigenvalue weighted by Crippen LogP contribution is -2.23. The minimum Gasteiger partial charge on any atom is -0.350 e. The van der Waals surface area contributed by atoms with Crippen molar-refractivity contribution in [2.45, 2.75) is 69.6 Å². The third kappa shape index (κ3) is 6.12. The van der Waals surface area contributed by atoms with Crippen LogP contribution in [0.2, 0.25) is 0 Å². The molecule has 174 valence electrons. The average molecular weight is 483 g/mol. The smallest absolute Gasteiger partial charge is 0.217 e. The second-order valence-corrected chi connectivity index (χ2v) is 10.5. The van der Waals surface area contributed by atoms with Gasteiger partial charge in [-0.15, -0.1) is 21.5 Å². The van der Waals surface area contributed by atoms with Gasteiger partial charge in [-0.1, -0.05) is 61.4 Å². The molecule has 1 atom stereocenters. The molecule has 1 fully saturated rings. The van der Waals surface area contributed by atoms with E-state index < -0.39 is 0 Å². The number of ketones is 1. The first-order valence-electron chi connectivity index (χ1n) is 11.5. The Morgan fingerprint density at radius 3 is 2.58 bits per heavy atom. The Labute approximate surface area is 203 Å². The SMILES string of the molecule is CC(=O)NC(C)c1ccc(C(=O)CSc2nnc(Cc3cccs3)n2C2CCCCC2)cc1. The number of nitrogens with zero attached hydrogens (tertiary/aromatic N) is 3. The predicted molar refractivity (Wildman–Crippen MR) is 133 cm³/mol. The zero-order valence-electron chi connectivity index (χ0n) is 19.1. The van der Waals surface area contributed by atoms with E-state index in [2.05, 4.69) is 37.6 Å². The van der Waals surface area contributed by atoms with Crippen LogP contribution in [0.1, 0.15) is 84.7 Å². The molecule has 1 aliphatic carbocycles. The van der Waals surface area contributed by atoms with Crippen LogP contribution in [0.4, 0.5) is 0 Å². The van der Waals surface area contributed by atoms with Gasteiger partial charge in [-0.3, -0.25) is 9.59 Å². The van der Waals surface area contributed by atoms with E-state index in [0.717, 1.165) is 35.8 Å². The van der Waals surface area contributed by atoms with Crippen LogP contribution in [0.25, 0.3) is 0 Å². The van der Waals surface area contributed by atoms with Gasteiger partial charge in [0.1, 0.15) is 5.82 Å². The van der Waals surface area contributed by atoms with Crippen LogP contribution in [0.3, 0.4) is 0 Å². The van der Waals surface area contributed by atoms with Crippen molar-refractivity contribution in [3.63, 3.8) is 0 Å². The number of rotatable bonds is 9. The van der Waals surface area contributed by atoms with Crippen molar-refractivity contribution < 1.29 is 9.59 Å². The number of hydrogen-bond acceptors (Lipinski definition) is 6. The van der Waals surface area contributed by atoms with Gasteiger partial charge in [-0.25, -0.2) is 0 Å². The average Bonchev–Trinajstić information content (AvgIpc) is 3.48. The van der Waals surface area contributed by atoms with Crippen molar-refractivity contribution >= 4 is 34.8 Å². The van der Waals surface area contributed by atoms with Crippen molar-refractivity contribution in [2.24, 2.45) is 0 Å². The first kappa shape index (κ1) is 23.7. The lowest BCUT2D eigenvalue weighted by Gasteiger charge is -2.25. The maximum atomic E-state index is 12.9. The maximum absolute atomic E-state index is 12.9. The molecular weight excluding hydrogens is 452 g/mol. The summed E-state index contributed by atoms with van der Waals surface area (Å²) in [4.78, 5) is 25.4. The molecule has 0 bridgehead atoms. The van der Waals surface area contributed by atoms with Gasteiger partial charge >= 0.3 is 0 Å². The molecule has 1 N–H and O–H groups in total. The summed E-state index contributed by atoms with van der Waals surface area (Å²) in [6, 6.07) is 12.0. The molecule has 4 rings (SSSR count). The van der Waals surface area contributed by atoms with E-state index >= 15 is 0 Å². The number of carbonyl (C=O) groups excluding carboxylic acids is 2. The maximum Gasteiger partial charge on any atom is 0.217 e. The fourth-order valence-corrected chi connectivity index (χ4v) is 5.98. The molecule has 3 aromatic rings. The molecule has 33 heavy (non-hydrogen) atoms. The van der Waals surface area contributed by atoms with Crippen LogP contribution in [0.5, 0.6) is 0 Å². The Bertz CT molecular complexity index is 1070. The van der Waals surface area contributed by atoms with Crippen molar-refractivity contribution in [1.29, 1.82) is 0 Å². The molecule has 1 amide bonds. The minimum absolute atomic E-state index is 0.0664. The van der Waals surface area contributed by atoms with Gasteiger partial charge in [-0.2, -0.15) is 0 Å². The number of nitrogens with one attached hydrogen (secondary N) is 1. The van der Waals surface area contributed by atoms with Gasteiger partial charge in [0.05, 0.1) is 11.8 Å². The van der Waals surface area contributed by atoms with E-state index in [0.29, 0.717) is 17.4 Å². The number of carbonyl (C=O) groups is 2. The second kappa shape index (κ2) is 11.1. The summed E-state index contributed by atoms with van der Waals surface area (Å²) in [7, 11) is 0. The minimum atomic E-state index is -0.0863. The first-order valence-corrected chi connectivity index (χ1v) is 13.4. The van der Waals surface area contributed by atoms with Crippen molar-refractivity contribution in [1.82, 2.24) is 20.1 Å². The zero-order valence-corrected chi connectivity index (χ0v) is 20.8. The molecule has 1 aliphatic rings. The highest BCUT2D eigenvalue weighted by molar-refractivity contribution is 7.99. The second-order valence-electron chi connectivity index (χ2n) is 8.57. The number of thioether (sulfide) groups is 1. The number of hydrogen-bond donors (Lipinski definition) is 1.